The van der Waals surface area contributed by atoms with E-state index in [1.807, 2.05) is 18.2 Å². The molecule has 9 heteroatoms. The first-order valence-corrected chi connectivity index (χ1v) is 9.89. The average Bonchev–Trinajstić information content (AvgIpc) is 3.18. The van der Waals surface area contributed by atoms with Crippen LogP contribution in [0.2, 0.25) is 5.02 Å². The molecule has 0 aliphatic carbocycles. The number of rotatable bonds is 6. The number of amides is 2. The summed E-state index contributed by atoms with van der Waals surface area (Å²) in [4.78, 5) is 31.0. The average molecular weight is 428 g/mol. The fourth-order valence-electron chi connectivity index (χ4n) is 3.32. The van der Waals surface area contributed by atoms with Crippen molar-refractivity contribution >= 4 is 23.4 Å². The van der Waals surface area contributed by atoms with Gasteiger partial charge in [-0.1, -0.05) is 23.7 Å². The number of nitrogens with one attached hydrogen (secondary N) is 1. The summed E-state index contributed by atoms with van der Waals surface area (Å²) in [5, 5.41) is 7.31. The third-order valence-electron chi connectivity index (χ3n) is 4.90. The molecule has 0 atom stereocenters. The minimum Gasteiger partial charge on any atom is -0.350 e. The summed E-state index contributed by atoms with van der Waals surface area (Å²) in [5.74, 6) is -1.13. The predicted octanol–water partition coefficient (Wildman–Crippen LogP) is 2.70. The van der Waals surface area contributed by atoms with Gasteiger partial charge in [-0.05, 0) is 24.3 Å². The number of nitrogens with zero attached hydrogens (tertiary/aromatic N) is 4. The Morgan fingerprint density at radius 3 is 2.83 bits per heavy atom. The third kappa shape index (κ3) is 4.18. The van der Waals surface area contributed by atoms with Crippen molar-refractivity contribution in [3.05, 3.63) is 82.1 Å². The van der Waals surface area contributed by atoms with E-state index in [-0.39, 0.29) is 34.6 Å². The topological polar surface area (TPSA) is 80.1 Å². The highest BCUT2D eigenvalue weighted by molar-refractivity contribution is 6.31. The number of fused-ring (bicyclic) bond motifs is 1. The predicted molar refractivity (Wildman–Crippen MR) is 109 cm³/mol. The SMILES string of the molecule is O=C(NCCc1ccccn1)c1cc2n(n1)CCN(Cc1c(F)cccc1Cl)C2=O. The Morgan fingerprint density at radius 2 is 2.07 bits per heavy atom. The zero-order valence-corrected chi connectivity index (χ0v) is 16.8. The van der Waals surface area contributed by atoms with Crippen molar-refractivity contribution in [2.75, 3.05) is 13.1 Å². The lowest BCUT2D eigenvalue weighted by molar-refractivity contribution is 0.0681. The highest BCUT2D eigenvalue weighted by atomic mass is 35.5. The van der Waals surface area contributed by atoms with Gasteiger partial charge < -0.3 is 10.2 Å². The quantitative estimate of drug-likeness (QED) is 0.656. The lowest BCUT2D eigenvalue weighted by Crippen LogP contribution is -2.40. The van der Waals surface area contributed by atoms with E-state index in [0.717, 1.165) is 5.69 Å². The van der Waals surface area contributed by atoms with Gasteiger partial charge in [0.05, 0.1) is 13.1 Å². The lowest BCUT2D eigenvalue weighted by Gasteiger charge is -2.27. The second-order valence-corrected chi connectivity index (χ2v) is 7.30. The van der Waals surface area contributed by atoms with Crippen LogP contribution in [-0.4, -0.2) is 44.6 Å². The molecule has 0 unspecified atom stereocenters. The van der Waals surface area contributed by atoms with Gasteiger partial charge in [-0.15, -0.1) is 0 Å². The smallest absolute Gasteiger partial charge is 0.272 e. The number of halogens is 2. The van der Waals surface area contributed by atoms with E-state index in [9.17, 15) is 14.0 Å². The summed E-state index contributed by atoms with van der Waals surface area (Å²) >= 11 is 6.08. The molecule has 1 N–H and O–H groups in total. The molecule has 1 aliphatic heterocycles. The molecule has 0 fully saturated rings. The first kappa shape index (κ1) is 20.0. The molecule has 3 aromatic rings. The number of carbonyl (C=O) groups excluding carboxylic acids is 2. The second kappa shape index (κ2) is 8.62. The summed E-state index contributed by atoms with van der Waals surface area (Å²) in [7, 11) is 0. The van der Waals surface area contributed by atoms with Crippen LogP contribution in [0.3, 0.4) is 0 Å². The third-order valence-corrected chi connectivity index (χ3v) is 5.26. The van der Waals surface area contributed by atoms with Crippen LogP contribution < -0.4 is 5.32 Å². The standard InChI is InChI=1S/C21H19ClFN5O2/c22-16-5-3-6-17(23)15(16)13-27-10-11-28-19(21(27)30)12-18(26-28)20(29)25-9-7-14-4-1-2-8-24-14/h1-6,8,12H,7,9-11,13H2,(H,25,29). The number of pyridine rings is 1. The molecule has 4 rings (SSSR count). The van der Waals surface area contributed by atoms with Crippen molar-refractivity contribution in [1.82, 2.24) is 25.0 Å². The molecule has 2 amide bonds. The van der Waals surface area contributed by atoms with Crippen molar-refractivity contribution < 1.29 is 14.0 Å². The van der Waals surface area contributed by atoms with Crippen LogP contribution in [0.5, 0.6) is 0 Å². The first-order chi connectivity index (χ1) is 14.5. The van der Waals surface area contributed by atoms with Crippen molar-refractivity contribution in [3.8, 4) is 0 Å². The molecule has 0 saturated heterocycles. The Morgan fingerprint density at radius 1 is 1.20 bits per heavy atom. The molecule has 1 aromatic carbocycles. The normalized spacial score (nSPS) is 13.3. The summed E-state index contributed by atoms with van der Waals surface area (Å²) in [5.41, 5.74) is 1.61. The van der Waals surface area contributed by atoms with Gasteiger partial charge in [0.15, 0.2) is 5.69 Å². The molecule has 1 aliphatic rings. The van der Waals surface area contributed by atoms with E-state index in [4.69, 9.17) is 11.6 Å². The number of aromatic nitrogens is 3. The van der Waals surface area contributed by atoms with Gasteiger partial charge in [-0.3, -0.25) is 19.3 Å². The zero-order chi connectivity index (χ0) is 21.1. The molecule has 30 heavy (non-hydrogen) atoms. The fourth-order valence-corrected chi connectivity index (χ4v) is 3.54. The van der Waals surface area contributed by atoms with Gasteiger partial charge in [-0.2, -0.15) is 5.10 Å². The van der Waals surface area contributed by atoms with Gasteiger partial charge >= 0.3 is 0 Å². The highest BCUT2D eigenvalue weighted by Crippen LogP contribution is 2.23. The van der Waals surface area contributed by atoms with E-state index in [1.165, 1.54) is 27.8 Å². The van der Waals surface area contributed by atoms with Crippen molar-refractivity contribution in [3.63, 3.8) is 0 Å². The Hall–Kier alpha value is -3.26. The molecule has 3 heterocycles. The number of carbonyl (C=O) groups is 2. The number of hydrogen-bond acceptors (Lipinski definition) is 4. The highest BCUT2D eigenvalue weighted by Gasteiger charge is 2.28. The van der Waals surface area contributed by atoms with Gasteiger partial charge in [0, 0.05) is 48.1 Å². The fraction of sp³-hybridized carbons (Fsp3) is 0.238. The molecule has 154 valence electrons. The Kier molecular flexibility index (Phi) is 5.76. The van der Waals surface area contributed by atoms with Crippen molar-refractivity contribution in [2.24, 2.45) is 0 Å². The van der Waals surface area contributed by atoms with Gasteiger partial charge in [0.2, 0.25) is 0 Å². The second-order valence-electron chi connectivity index (χ2n) is 6.89. The largest absolute Gasteiger partial charge is 0.350 e. The number of hydrogen-bond donors (Lipinski definition) is 1. The van der Waals surface area contributed by atoms with Gasteiger partial charge in [0.1, 0.15) is 11.5 Å². The summed E-state index contributed by atoms with van der Waals surface area (Å²) < 4.78 is 15.6. The van der Waals surface area contributed by atoms with Crippen molar-refractivity contribution in [2.45, 2.75) is 19.5 Å². The van der Waals surface area contributed by atoms with Crippen molar-refractivity contribution in [1.29, 1.82) is 0 Å². The summed E-state index contributed by atoms with van der Waals surface area (Å²) in [6.45, 7) is 1.22. The minimum atomic E-state index is -0.456. The summed E-state index contributed by atoms with van der Waals surface area (Å²) in [6, 6.07) is 11.5. The van der Waals surface area contributed by atoms with Crippen LogP contribution in [0.25, 0.3) is 0 Å². The van der Waals surface area contributed by atoms with Crippen LogP contribution >= 0.6 is 11.6 Å². The summed E-state index contributed by atoms with van der Waals surface area (Å²) in [6.07, 6.45) is 2.29. The molecule has 2 aromatic heterocycles. The molecular formula is C21H19ClFN5O2. The zero-order valence-electron chi connectivity index (χ0n) is 16.0. The van der Waals surface area contributed by atoms with E-state index < -0.39 is 5.82 Å². The maximum absolute atomic E-state index is 14.1. The Bertz CT molecular complexity index is 1070. The molecular weight excluding hydrogens is 409 g/mol. The van der Waals surface area contributed by atoms with E-state index in [1.54, 1.807) is 12.3 Å². The van der Waals surface area contributed by atoms with Gasteiger partial charge in [0.25, 0.3) is 11.8 Å². The van der Waals surface area contributed by atoms with Gasteiger partial charge in [-0.25, -0.2) is 4.39 Å². The Labute approximate surface area is 177 Å². The van der Waals surface area contributed by atoms with Crippen LogP contribution in [0, 0.1) is 5.82 Å². The molecule has 0 spiro atoms. The first-order valence-electron chi connectivity index (χ1n) is 9.51. The molecule has 7 nitrogen and oxygen atoms in total. The maximum atomic E-state index is 14.1. The van der Waals surface area contributed by atoms with E-state index in [0.29, 0.717) is 31.7 Å². The van der Waals surface area contributed by atoms with Crippen LogP contribution in [0.4, 0.5) is 4.39 Å². The molecule has 0 radical (unpaired) electrons. The monoisotopic (exact) mass is 427 g/mol. The van der Waals surface area contributed by atoms with Crippen LogP contribution in [0.15, 0.2) is 48.7 Å². The molecule has 0 saturated carbocycles. The maximum Gasteiger partial charge on any atom is 0.272 e. The van der Waals surface area contributed by atoms with Crippen LogP contribution in [-0.2, 0) is 19.5 Å². The lowest BCUT2D eigenvalue weighted by atomic mass is 10.1. The van der Waals surface area contributed by atoms with Crippen LogP contribution in [0.1, 0.15) is 32.2 Å². The Balaban J connectivity index is 1.42. The van der Waals surface area contributed by atoms with E-state index in [2.05, 4.69) is 15.4 Å². The number of benzene rings is 1. The molecule has 0 bridgehead atoms. The minimum absolute atomic E-state index is 0.0567. The van der Waals surface area contributed by atoms with E-state index >= 15 is 0 Å².